The van der Waals surface area contributed by atoms with E-state index in [0.717, 1.165) is 21.7 Å². The standard InChI is InChI=1S/C34H36N4O5S/c35-28-6-1-2-7-29(28)38-32(41)9-5-8-31(40)37-26-17-15-25(16-18-26)34-42-27(22-44-33-10-3-4-19-36-33)20-30(43-34)24-13-11-23(21-39)12-14-24/h1-4,6-7,10-19,27,30,34,39H,5,8-9,20-22,35H2,(H,37,40)(H,38,41)/t27-,30+,34+/m0/s1. The first-order valence-electron chi connectivity index (χ1n) is 14.6. The van der Waals surface area contributed by atoms with Crippen molar-refractivity contribution in [3.8, 4) is 0 Å². The fraction of sp³-hybridized carbons (Fsp3) is 0.265. The van der Waals surface area contributed by atoms with E-state index in [0.29, 0.717) is 35.7 Å². The number of amides is 2. The van der Waals surface area contributed by atoms with Crippen LogP contribution in [-0.2, 0) is 25.7 Å². The fourth-order valence-electron chi connectivity index (χ4n) is 4.81. The molecule has 0 unspecified atom stereocenters. The number of aliphatic hydroxyl groups is 1. The summed E-state index contributed by atoms with van der Waals surface area (Å²) in [4.78, 5) is 29.2. The highest BCUT2D eigenvalue weighted by Gasteiger charge is 2.32. The van der Waals surface area contributed by atoms with Crippen LogP contribution in [0.4, 0.5) is 17.1 Å². The zero-order chi connectivity index (χ0) is 30.7. The van der Waals surface area contributed by atoms with Crippen molar-refractivity contribution < 1.29 is 24.2 Å². The minimum atomic E-state index is -0.595. The molecule has 4 aromatic rings. The molecule has 1 fully saturated rings. The highest BCUT2D eigenvalue weighted by Crippen LogP contribution is 2.39. The topological polar surface area (TPSA) is 136 Å². The number of aromatic nitrogens is 1. The molecule has 1 aromatic heterocycles. The summed E-state index contributed by atoms with van der Waals surface area (Å²) in [6, 6.07) is 28.1. The summed E-state index contributed by atoms with van der Waals surface area (Å²) >= 11 is 1.64. The summed E-state index contributed by atoms with van der Waals surface area (Å²) in [5, 5.41) is 16.0. The van der Waals surface area contributed by atoms with Crippen molar-refractivity contribution >= 4 is 40.6 Å². The number of carbonyl (C=O) groups is 2. The zero-order valence-corrected chi connectivity index (χ0v) is 25.0. The predicted octanol–water partition coefficient (Wildman–Crippen LogP) is 6.24. The highest BCUT2D eigenvalue weighted by molar-refractivity contribution is 7.99. The molecule has 0 aliphatic carbocycles. The first kappa shape index (κ1) is 31.2. The third-order valence-electron chi connectivity index (χ3n) is 7.18. The second-order valence-corrected chi connectivity index (χ2v) is 11.5. The molecule has 2 amide bonds. The number of nitrogens with zero attached hydrogens (tertiary/aromatic N) is 1. The third kappa shape index (κ3) is 8.90. The number of anilines is 3. The molecular formula is C34H36N4O5S. The summed E-state index contributed by atoms with van der Waals surface area (Å²) in [7, 11) is 0. The van der Waals surface area contributed by atoms with Crippen LogP contribution in [0.1, 0.15) is 54.8 Å². The molecule has 5 rings (SSSR count). The maximum Gasteiger partial charge on any atom is 0.224 e. The Labute approximate surface area is 261 Å². The number of hydrogen-bond acceptors (Lipinski definition) is 8. The molecule has 0 radical (unpaired) electrons. The normalized spacial score (nSPS) is 18.0. The second-order valence-electron chi connectivity index (χ2n) is 10.5. The molecule has 1 saturated heterocycles. The molecular weight excluding hydrogens is 576 g/mol. The Balaban J connectivity index is 1.16. The lowest BCUT2D eigenvalue weighted by atomic mass is 10.0. The van der Waals surface area contributed by atoms with E-state index in [1.54, 1.807) is 42.2 Å². The van der Waals surface area contributed by atoms with Crippen LogP contribution in [0.25, 0.3) is 0 Å². The van der Waals surface area contributed by atoms with Crippen molar-refractivity contribution in [2.45, 2.75) is 55.8 Å². The largest absolute Gasteiger partial charge is 0.397 e. The fourth-order valence-corrected chi connectivity index (χ4v) is 5.70. The van der Waals surface area contributed by atoms with Gasteiger partial charge in [-0.25, -0.2) is 4.98 Å². The van der Waals surface area contributed by atoms with Gasteiger partial charge in [0.25, 0.3) is 0 Å². The van der Waals surface area contributed by atoms with Crippen molar-refractivity contribution in [1.29, 1.82) is 0 Å². The van der Waals surface area contributed by atoms with Crippen molar-refractivity contribution in [3.05, 3.63) is 114 Å². The molecule has 3 atom stereocenters. The van der Waals surface area contributed by atoms with Crippen LogP contribution in [0.5, 0.6) is 0 Å². The van der Waals surface area contributed by atoms with Crippen LogP contribution in [0, 0.1) is 0 Å². The van der Waals surface area contributed by atoms with E-state index in [4.69, 9.17) is 15.2 Å². The van der Waals surface area contributed by atoms with Gasteiger partial charge in [-0.2, -0.15) is 0 Å². The van der Waals surface area contributed by atoms with Gasteiger partial charge in [-0.05, 0) is 53.9 Å². The minimum absolute atomic E-state index is 0.0110. The van der Waals surface area contributed by atoms with E-state index in [1.165, 1.54) is 0 Å². The molecule has 0 spiro atoms. The van der Waals surface area contributed by atoms with Gasteiger partial charge in [-0.1, -0.05) is 54.6 Å². The molecule has 5 N–H and O–H groups in total. The van der Waals surface area contributed by atoms with Gasteiger partial charge in [-0.15, -0.1) is 11.8 Å². The van der Waals surface area contributed by atoms with Crippen LogP contribution < -0.4 is 16.4 Å². The van der Waals surface area contributed by atoms with Gasteiger partial charge in [0.1, 0.15) is 0 Å². The summed E-state index contributed by atoms with van der Waals surface area (Å²) in [6.45, 7) is -0.0110. The monoisotopic (exact) mass is 612 g/mol. The predicted molar refractivity (Wildman–Crippen MR) is 172 cm³/mol. The van der Waals surface area contributed by atoms with E-state index in [-0.39, 0.29) is 43.5 Å². The Kier molecular flexibility index (Phi) is 11.0. The molecule has 44 heavy (non-hydrogen) atoms. The Morgan fingerprint density at radius 3 is 2.27 bits per heavy atom. The Morgan fingerprint density at radius 2 is 1.57 bits per heavy atom. The number of carbonyl (C=O) groups excluding carboxylic acids is 2. The van der Waals surface area contributed by atoms with Gasteiger partial charge in [0.2, 0.25) is 11.8 Å². The number of rotatable bonds is 12. The third-order valence-corrected chi connectivity index (χ3v) is 8.25. The molecule has 9 nitrogen and oxygen atoms in total. The number of benzene rings is 3. The van der Waals surface area contributed by atoms with Crippen molar-refractivity contribution in [2.75, 3.05) is 22.1 Å². The first-order valence-corrected chi connectivity index (χ1v) is 15.5. The summed E-state index contributed by atoms with van der Waals surface area (Å²) in [5.74, 6) is 0.354. The quantitative estimate of drug-likeness (QED) is 0.109. The van der Waals surface area contributed by atoms with Gasteiger partial charge in [0.05, 0.1) is 35.2 Å². The summed E-state index contributed by atoms with van der Waals surface area (Å²) in [5.41, 5.74) is 10.3. The lowest BCUT2D eigenvalue weighted by Crippen LogP contribution is -2.31. The highest BCUT2D eigenvalue weighted by atomic mass is 32.2. The van der Waals surface area contributed by atoms with Crippen molar-refractivity contribution in [3.63, 3.8) is 0 Å². The summed E-state index contributed by atoms with van der Waals surface area (Å²) < 4.78 is 12.8. The number of para-hydroxylation sites is 2. The zero-order valence-electron chi connectivity index (χ0n) is 24.2. The first-order chi connectivity index (χ1) is 21.5. The Morgan fingerprint density at radius 1 is 0.864 bits per heavy atom. The molecule has 2 heterocycles. The molecule has 1 aliphatic heterocycles. The number of nitrogens with two attached hydrogens (primary N) is 1. The maximum absolute atomic E-state index is 12.5. The number of aliphatic hydroxyl groups excluding tert-OH is 1. The Hall–Kier alpha value is -4.22. The average molecular weight is 613 g/mol. The van der Waals surface area contributed by atoms with Crippen molar-refractivity contribution in [1.82, 2.24) is 4.98 Å². The number of nitrogen functional groups attached to an aromatic ring is 1. The summed E-state index contributed by atoms with van der Waals surface area (Å²) in [6.07, 6.45) is 2.42. The number of nitrogens with one attached hydrogen (secondary N) is 2. The van der Waals surface area contributed by atoms with Gasteiger partial charge < -0.3 is 30.9 Å². The van der Waals surface area contributed by atoms with E-state index < -0.39 is 6.29 Å². The maximum atomic E-state index is 12.5. The second kappa shape index (κ2) is 15.5. The smallest absolute Gasteiger partial charge is 0.224 e. The molecule has 1 aliphatic rings. The van der Waals surface area contributed by atoms with E-state index >= 15 is 0 Å². The van der Waals surface area contributed by atoms with Crippen molar-refractivity contribution in [2.24, 2.45) is 0 Å². The van der Waals surface area contributed by atoms with Gasteiger partial charge in [-0.3, -0.25) is 9.59 Å². The van der Waals surface area contributed by atoms with Crippen LogP contribution in [0.3, 0.4) is 0 Å². The Bertz CT molecular complexity index is 1520. The SMILES string of the molecule is Nc1ccccc1NC(=O)CCCC(=O)Nc1ccc([C@@H]2O[C@H](CSc3ccccn3)C[C@H](c3ccc(CO)cc3)O2)cc1. The number of ether oxygens (including phenoxy) is 2. The van der Waals surface area contributed by atoms with Crippen LogP contribution >= 0.6 is 11.8 Å². The molecule has 0 saturated carbocycles. The lowest BCUT2D eigenvalue weighted by Gasteiger charge is -2.36. The van der Waals surface area contributed by atoms with Crippen LogP contribution in [0.2, 0.25) is 0 Å². The van der Waals surface area contributed by atoms with Crippen LogP contribution in [-0.4, -0.2) is 33.8 Å². The van der Waals surface area contributed by atoms with Gasteiger partial charge in [0, 0.05) is 42.5 Å². The number of thioether (sulfide) groups is 1. The van der Waals surface area contributed by atoms with Crippen LogP contribution in [0.15, 0.2) is 102 Å². The molecule has 228 valence electrons. The minimum Gasteiger partial charge on any atom is -0.397 e. The molecule has 10 heteroatoms. The number of pyridine rings is 1. The molecule has 3 aromatic carbocycles. The van der Waals surface area contributed by atoms with E-state index in [9.17, 15) is 14.7 Å². The average Bonchev–Trinajstić information content (AvgIpc) is 3.05. The van der Waals surface area contributed by atoms with Gasteiger partial charge in [0.15, 0.2) is 6.29 Å². The van der Waals surface area contributed by atoms with E-state index in [2.05, 4.69) is 15.6 Å². The van der Waals surface area contributed by atoms with E-state index in [1.807, 2.05) is 66.7 Å². The lowest BCUT2D eigenvalue weighted by molar-refractivity contribution is -0.245. The van der Waals surface area contributed by atoms with Gasteiger partial charge >= 0.3 is 0 Å². The molecule has 0 bridgehead atoms. The number of hydrogen-bond donors (Lipinski definition) is 4.